The molecule has 0 amide bonds. The van der Waals surface area contributed by atoms with Gasteiger partial charge in [0.25, 0.3) is 5.56 Å². The highest BCUT2D eigenvalue weighted by Gasteiger charge is 2.56. The number of aliphatic hydroxyl groups excluding tert-OH is 1. The minimum absolute atomic E-state index is 0.0869. The molecule has 2 atom stereocenters. The Morgan fingerprint density at radius 1 is 1.26 bits per heavy atom. The van der Waals surface area contributed by atoms with Gasteiger partial charge >= 0.3 is 0 Å². The normalized spacial score (nSPS) is 19.3. The van der Waals surface area contributed by atoms with Crippen molar-refractivity contribution in [1.29, 1.82) is 0 Å². The Balaban J connectivity index is 1.44. The number of aromatic amines is 2. The molecule has 8 nitrogen and oxygen atoms in total. The largest absolute Gasteiger partial charge is 0.398 e. The van der Waals surface area contributed by atoms with E-state index in [1.54, 1.807) is 18.7 Å². The van der Waals surface area contributed by atoms with Crippen LogP contribution in [-0.2, 0) is 5.41 Å². The first-order valence-corrected chi connectivity index (χ1v) is 11.7. The molecule has 5 aromatic rings. The van der Waals surface area contributed by atoms with Crippen molar-refractivity contribution in [2.75, 3.05) is 12.3 Å². The lowest BCUT2D eigenvalue weighted by Crippen LogP contribution is -2.17. The Bertz CT molecular complexity index is 1590. The van der Waals surface area contributed by atoms with Crippen molar-refractivity contribution < 1.29 is 5.11 Å². The van der Waals surface area contributed by atoms with E-state index in [4.69, 9.17) is 10.7 Å². The first-order chi connectivity index (χ1) is 17.0. The number of aryl methyl sites for hydroxylation is 1. The highest BCUT2D eigenvalue weighted by atomic mass is 16.3. The zero-order valence-corrected chi connectivity index (χ0v) is 19.3. The summed E-state index contributed by atoms with van der Waals surface area (Å²) in [6.45, 7) is 2.08. The Kier molecular flexibility index (Phi) is 4.86. The molecule has 1 aliphatic carbocycles. The minimum Gasteiger partial charge on any atom is -0.398 e. The van der Waals surface area contributed by atoms with Crippen LogP contribution >= 0.6 is 0 Å². The number of imidazole rings is 2. The molecule has 0 radical (unpaired) electrons. The van der Waals surface area contributed by atoms with Gasteiger partial charge in [-0.1, -0.05) is 30.3 Å². The topological polar surface area (TPSA) is 126 Å². The second kappa shape index (κ2) is 7.95. The highest BCUT2D eigenvalue weighted by molar-refractivity contribution is 5.86. The van der Waals surface area contributed by atoms with E-state index in [2.05, 4.69) is 27.1 Å². The molecule has 1 saturated carbocycles. The molecule has 0 aliphatic heterocycles. The van der Waals surface area contributed by atoms with Gasteiger partial charge in [-0.3, -0.25) is 4.79 Å². The number of H-pyrrole nitrogens is 2. The predicted molar refractivity (Wildman–Crippen MR) is 136 cm³/mol. The van der Waals surface area contributed by atoms with E-state index < -0.39 is 0 Å². The summed E-state index contributed by atoms with van der Waals surface area (Å²) in [7, 11) is 0. The highest BCUT2D eigenvalue weighted by Crippen LogP contribution is 2.63. The molecule has 1 fully saturated rings. The molecule has 2 aromatic carbocycles. The van der Waals surface area contributed by atoms with Gasteiger partial charge in [-0.2, -0.15) is 0 Å². The van der Waals surface area contributed by atoms with E-state index in [-0.39, 0.29) is 23.5 Å². The SMILES string of the molecule is Cc1cc(-n2ccnc2)cc2[nH]c(-c3c(N)c([C@H]4C[C@]4(CCO)c4ccccc4)c[nH]c3=O)nc12. The maximum Gasteiger partial charge on any atom is 0.261 e. The van der Waals surface area contributed by atoms with Crippen LogP contribution in [0.4, 0.5) is 5.69 Å². The number of rotatable bonds is 6. The summed E-state index contributed by atoms with van der Waals surface area (Å²) in [6, 6.07) is 14.2. The number of aliphatic hydroxyl groups is 1. The van der Waals surface area contributed by atoms with Crippen LogP contribution in [0.2, 0.25) is 0 Å². The number of anilines is 1. The second-order valence-electron chi connectivity index (χ2n) is 9.33. The number of nitrogen functional groups attached to an aromatic ring is 1. The molecule has 0 spiro atoms. The fourth-order valence-corrected chi connectivity index (χ4v) is 5.46. The van der Waals surface area contributed by atoms with Crippen molar-refractivity contribution >= 4 is 16.7 Å². The van der Waals surface area contributed by atoms with Gasteiger partial charge in [0.1, 0.15) is 11.4 Å². The fourth-order valence-electron chi connectivity index (χ4n) is 5.46. The molecule has 3 heterocycles. The van der Waals surface area contributed by atoms with Crippen molar-refractivity contribution in [3.8, 4) is 17.1 Å². The summed E-state index contributed by atoms with van der Waals surface area (Å²) in [4.78, 5) is 28.0. The summed E-state index contributed by atoms with van der Waals surface area (Å²) in [5.74, 6) is 0.547. The fraction of sp³-hybridized carbons (Fsp3) is 0.222. The lowest BCUT2D eigenvalue weighted by molar-refractivity contribution is 0.269. The number of aromatic nitrogens is 5. The summed E-state index contributed by atoms with van der Waals surface area (Å²) in [5.41, 5.74) is 12.6. The first-order valence-electron chi connectivity index (χ1n) is 11.7. The van der Waals surface area contributed by atoms with E-state index in [0.717, 1.165) is 34.3 Å². The number of nitrogens with two attached hydrogens (primary N) is 1. The van der Waals surface area contributed by atoms with E-state index in [1.807, 2.05) is 48.0 Å². The Labute approximate surface area is 201 Å². The number of hydrogen-bond acceptors (Lipinski definition) is 5. The third-order valence-corrected chi connectivity index (χ3v) is 7.32. The van der Waals surface area contributed by atoms with Gasteiger partial charge in [-0.15, -0.1) is 0 Å². The molecule has 176 valence electrons. The van der Waals surface area contributed by atoms with Gasteiger partial charge in [0.2, 0.25) is 0 Å². The van der Waals surface area contributed by atoms with Gasteiger partial charge in [-0.25, -0.2) is 9.97 Å². The molecule has 1 aliphatic rings. The minimum atomic E-state index is -0.286. The van der Waals surface area contributed by atoms with Crippen LogP contribution in [0, 0.1) is 6.92 Å². The van der Waals surface area contributed by atoms with Gasteiger partial charge in [-0.05, 0) is 54.5 Å². The van der Waals surface area contributed by atoms with Crippen molar-refractivity contribution in [3.05, 3.63) is 94.4 Å². The molecular weight excluding hydrogens is 440 g/mol. The maximum atomic E-state index is 13.0. The van der Waals surface area contributed by atoms with Crippen LogP contribution in [0.25, 0.3) is 28.1 Å². The van der Waals surface area contributed by atoms with E-state index in [0.29, 0.717) is 23.5 Å². The van der Waals surface area contributed by atoms with E-state index in [9.17, 15) is 9.90 Å². The zero-order chi connectivity index (χ0) is 24.2. The Hall–Kier alpha value is -4.17. The number of nitrogens with zero attached hydrogens (tertiary/aromatic N) is 3. The molecule has 3 aromatic heterocycles. The molecule has 5 N–H and O–H groups in total. The van der Waals surface area contributed by atoms with Gasteiger partial charge < -0.3 is 25.4 Å². The van der Waals surface area contributed by atoms with Crippen molar-refractivity contribution in [2.24, 2.45) is 0 Å². The van der Waals surface area contributed by atoms with Crippen LogP contribution in [0.15, 0.2) is 72.2 Å². The zero-order valence-electron chi connectivity index (χ0n) is 19.3. The monoisotopic (exact) mass is 466 g/mol. The summed E-state index contributed by atoms with van der Waals surface area (Å²) < 4.78 is 1.92. The van der Waals surface area contributed by atoms with Crippen LogP contribution in [0.5, 0.6) is 0 Å². The molecule has 0 bridgehead atoms. The molecule has 0 saturated heterocycles. The second-order valence-corrected chi connectivity index (χ2v) is 9.33. The summed E-state index contributed by atoms with van der Waals surface area (Å²) in [6.07, 6.45) is 8.57. The van der Waals surface area contributed by atoms with Crippen molar-refractivity contribution in [3.63, 3.8) is 0 Å². The van der Waals surface area contributed by atoms with Crippen molar-refractivity contribution in [2.45, 2.75) is 31.1 Å². The van der Waals surface area contributed by atoms with Crippen LogP contribution in [-0.4, -0.2) is 36.2 Å². The average Bonchev–Trinajstić information content (AvgIpc) is 3.19. The smallest absolute Gasteiger partial charge is 0.261 e. The van der Waals surface area contributed by atoms with Gasteiger partial charge in [0.05, 0.1) is 23.0 Å². The van der Waals surface area contributed by atoms with E-state index in [1.165, 1.54) is 5.56 Å². The number of pyridine rings is 1. The lowest BCUT2D eigenvalue weighted by atomic mass is 9.87. The van der Waals surface area contributed by atoms with Crippen LogP contribution in [0.3, 0.4) is 0 Å². The molecule has 8 heteroatoms. The number of nitrogens with one attached hydrogen (secondary N) is 2. The summed E-state index contributed by atoms with van der Waals surface area (Å²) in [5, 5.41) is 9.80. The quantitative estimate of drug-likeness (QED) is 0.303. The van der Waals surface area contributed by atoms with Crippen LogP contribution in [0.1, 0.15) is 35.4 Å². The van der Waals surface area contributed by atoms with Crippen LogP contribution < -0.4 is 11.3 Å². The standard InChI is InChI=1S/C27H26N6O2/c1-16-11-18(33-9-8-29-15-33)12-21-24(16)32-25(31-21)22-23(28)19(14-30-26(22)35)20-13-27(20,7-10-34)17-5-3-2-4-6-17/h2-6,8-9,11-12,14-15,20,34H,7,10,13H2,1H3,(H,31,32)(H3,28,30,35)/t20-,27-/m1/s1. The molecule has 6 rings (SSSR count). The molecule has 0 unspecified atom stereocenters. The molecular formula is C27H26N6O2. The Morgan fingerprint density at radius 2 is 2.09 bits per heavy atom. The number of benzene rings is 2. The number of hydrogen-bond donors (Lipinski definition) is 4. The number of fused-ring (bicyclic) bond motifs is 1. The lowest BCUT2D eigenvalue weighted by Gasteiger charge is -2.18. The summed E-state index contributed by atoms with van der Waals surface area (Å²) >= 11 is 0. The third kappa shape index (κ3) is 3.37. The Morgan fingerprint density at radius 3 is 2.83 bits per heavy atom. The third-order valence-electron chi connectivity index (χ3n) is 7.32. The van der Waals surface area contributed by atoms with E-state index >= 15 is 0 Å². The van der Waals surface area contributed by atoms with Gasteiger partial charge in [0, 0.05) is 36.3 Å². The predicted octanol–water partition coefficient (Wildman–Crippen LogP) is 3.80. The van der Waals surface area contributed by atoms with Crippen molar-refractivity contribution in [1.82, 2.24) is 24.5 Å². The molecule has 35 heavy (non-hydrogen) atoms. The maximum absolute atomic E-state index is 13.0. The average molecular weight is 467 g/mol. The van der Waals surface area contributed by atoms with Gasteiger partial charge in [0.15, 0.2) is 0 Å². The first kappa shape index (κ1) is 21.4.